The van der Waals surface area contributed by atoms with Gasteiger partial charge >= 0.3 is 0 Å². The van der Waals surface area contributed by atoms with Crippen molar-refractivity contribution in [1.29, 1.82) is 0 Å². The van der Waals surface area contributed by atoms with Crippen LogP contribution in [0.3, 0.4) is 0 Å². The molecule has 0 saturated heterocycles. The van der Waals surface area contributed by atoms with Gasteiger partial charge in [-0.05, 0) is 48.1 Å². The first-order chi connectivity index (χ1) is 9.22. The summed E-state index contributed by atoms with van der Waals surface area (Å²) in [6.45, 7) is 0.780. The van der Waals surface area contributed by atoms with E-state index in [1.165, 1.54) is 15.8 Å². The van der Waals surface area contributed by atoms with Crippen LogP contribution in [0.1, 0.15) is 22.9 Å². The summed E-state index contributed by atoms with van der Waals surface area (Å²) in [5.41, 5.74) is 1.08. The zero-order valence-corrected chi connectivity index (χ0v) is 12.5. The summed E-state index contributed by atoms with van der Waals surface area (Å²) in [5, 5.41) is 3.51. The highest BCUT2D eigenvalue weighted by Gasteiger charge is 2.20. The van der Waals surface area contributed by atoms with Crippen LogP contribution in [0.2, 0.25) is 4.34 Å². The van der Waals surface area contributed by atoms with E-state index in [0.29, 0.717) is 0 Å². The Hall–Kier alpha value is -0.550. The van der Waals surface area contributed by atoms with E-state index in [2.05, 4.69) is 5.32 Å². The standard InChI is InChI=1S/C14H13ClFNS2/c15-14-4-2-10(19-14)8-17-12-5-6-18-13-3-1-9(16)7-11(12)13/h1-4,7,12,17H,5-6,8H2. The fourth-order valence-electron chi connectivity index (χ4n) is 2.25. The number of thiophene rings is 1. The second-order valence-corrected chi connectivity index (χ2v) is 7.39. The maximum atomic E-state index is 13.4. The van der Waals surface area contributed by atoms with E-state index >= 15 is 0 Å². The summed E-state index contributed by atoms with van der Waals surface area (Å²) in [5.74, 6) is 0.911. The summed E-state index contributed by atoms with van der Waals surface area (Å²) in [6.07, 6.45) is 1.03. The van der Waals surface area contributed by atoms with Crippen LogP contribution in [-0.4, -0.2) is 5.75 Å². The molecule has 3 rings (SSSR count). The Bertz CT molecular complexity index is 585. The molecule has 0 fully saturated rings. The first-order valence-electron chi connectivity index (χ1n) is 6.12. The Morgan fingerprint density at radius 3 is 3.00 bits per heavy atom. The van der Waals surface area contributed by atoms with Crippen LogP contribution in [0.4, 0.5) is 4.39 Å². The largest absolute Gasteiger partial charge is 0.305 e. The molecule has 1 aromatic heterocycles. The fourth-order valence-corrected chi connectivity index (χ4v) is 4.39. The monoisotopic (exact) mass is 313 g/mol. The lowest BCUT2D eigenvalue weighted by atomic mass is 10.0. The lowest BCUT2D eigenvalue weighted by molar-refractivity contribution is 0.507. The van der Waals surface area contributed by atoms with Gasteiger partial charge in [-0.25, -0.2) is 4.39 Å². The first kappa shape index (κ1) is 13.4. The number of thioether (sulfide) groups is 1. The maximum absolute atomic E-state index is 13.4. The van der Waals surface area contributed by atoms with Crippen molar-refractivity contribution in [2.24, 2.45) is 0 Å². The van der Waals surface area contributed by atoms with Gasteiger partial charge in [0.15, 0.2) is 0 Å². The lowest BCUT2D eigenvalue weighted by Gasteiger charge is -2.26. The molecule has 1 atom stereocenters. The van der Waals surface area contributed by atoms with E-state index in [-0.39, 0.29) is 11.9 Å². The maximum Gasteiger partial charge on any atom is 0.123 e. The molecule has 1 aromatic carbocycles. The molecule has 1 unspecified atom stereocenters. The van der Waals surface area contributed by atoms with Crippen LogP contribution in [0.15, 0.2) is 35.2 Å². The first-order valence-corrected chi connectivity index (χ1v) is 8.30. The molecular formula is C14H13ClFNS2. The molecule has 1 aliphatic heterocycles. The fraction of sp³-hybridized carbons (Fsp3) is 0.286. The Morgan fingerprint density at radius 2 is 2.21 bits per heavy atom. The Labute approximate surface area is 125 Å². The quantitative estimate of drug-likeness (QED) is 0.868. The highest BCUT2D eigenvalue weighted by Crippen LogP contribution is 2.36. The Kier molecular flexibility index (Phi) is 4.12. The molecule has 0 saturated carbocycles. The summed E-state index contributed by atoms with van der Waals surface area (Å²) in [4.78, 5) is 2.40. The van der Waals surface area contributed by atoms with Crippen molar-refractivity contribution in [2.45, 2.75) is 23.9 Å². The molecule has 0 aliphatic carbocycles. The van der Waals surface area contributed by atoms with E-state index in [9.17, 15) is 4.39 Å². The third-order valence-electron chi connectivity index (χ3n) is 3.16. The molecule has 0 spiro atoms. The summed E-state index contributed by atoms with van der Waals surface area (Å²) >= 11 is 9.31. The van der Waals surface area contributed by atoms with Crippen molar-refractivity contribution in [2.75, 3.05) is 5.75 Å². The third-order valence-corrected chi connectivity index (χ3v) is 5.52. The van der Waals surface area contributed by atoms with Gasteiger partial charge in [0.05, 0.1) is 4.34 Å². The van der Waals surface area contributed by atoms with Crippen LogP contribution in [0.5, 0.6) is 0 Å². The number of hydrogen-bond donors (Lipinski definition) is 1. The highest BCUT2D eigenvalue weighted by molar-refractivity contribution is 7.99. The molecule has 0 bridgehead atoms. The molecule has 19 heavy (non-hydrogen) atoms. The van der Waals surface area contributed by atoms with Crippen LogP contribution in [0, 0.1) is 5.82 Å². The van der Waals surface area contributed by atoms with Gasteiger partial charge in [-0.15, -0.1) is 23.1 Å². The second-order valence-electron chi connectivity index (χ2n) is 4.46. The lowest BCUT2D eigenvalue weighted by Crippen LogP contribution is -2.24. The Balaban J connectivity index is 1.74. The average molecular weight is 314 g/mol. The van der Waals surface area contributed by atoms with E-state index in [1.54, 1.807) is 29.2 Å². The zero-order chi connectivity index (χ0) is 13.2. The van der Waals surface area contributed by atoms with Crippen molar-refractivity contribution in [3.8, 4) is 0 Å². The minimum atomic E-state index is -0.160. The van der Waals surface area contributed by atoms with Gasteiger partial charge in [0, 0.05) is 22.4 Å². The highest BCUT2D eigenvalue weighted by atomic mass is 35.5. The van der Waals surface area contributed by atoms with E-state index in [4.69, 9.17) is 11.6 Å². The van der Waals surface area contributed by atoms with E-state index in [1.807, 2.05) is 18.2 Å². The predicted molar refractivity (Wildman–Crippen MR) is 80.7 cm³/mol. The van der Waals surface area contributed by atoms with Crippen LogP contribution >= 0.6 is 34.7 Å². The molecule has 1 aliphatic rings. The second kappa shape index (κ2) is 5.83. The topological polar surface area (TPSA) is 12.0 Å². The van der Waals surface area contributed by atoms with Crippen LogP contribution < -0.4 is 5.32 Å². The molecule has 0 radical (unpaired) electrons. The molecular weight excluding hydrogens is 301 g/mol. The van der Waals surface area contributed by atoms with Crippen molar-refractivity contribution in [1.82, 2.24) is 5.32 Å². The molecule has 2 aromatic rings. The number of hydrogen-bond acceptors (Lipinski definition) is 3. The number of benzene rings is 1. The SMILES string of the molecule is Fc1ccc2c(c1)C(NCc1ccc(Cl)s1)CCS2. The number of halogens is 2. The van der Waals surface area contributed by atoms with Gasteiger partial charge in [-0.3, -0.25) is 0 Å². The van der Waals surface area contributed by atoms with Crippen molar-refractivity contribution in [3.63, 3.8) is 0 Å². The Morgan fingerprint density at radius 1 is 1.32 bits per heavy atom. The van der Waals surface area contributed by atoms with Gasteiger partial charge in [-0.1, -0.05) is 11.6 Å². The van der Waals surface area contributed by atoms with Crippen molar-refractivity contribution < 1.29 is 4.39 Å². The predicted octanol–water partition coefficient (Wildman–Crippen LogP) is 4.87. The smallest absolute Gasteiger partial charge is 0.123 e. The number of nitrogens with one attached hydrogen (secondary N) is 1. The number of fused-ring (bicyclic) bond motifs is 1. The van der Waals surface area contributed by atoms with Gasteiger partial charge < -0.3 is 5.32 Å². The summed E-state index contributed by atoms with van der Waals surface area (Å²) in [6, 6.07) is 9.24. The van der Waals surface area contributed by atoms with Crippen LogP contribution in [-0.2, 0) is 6.54 Å². The molecule has 1 nitrogen and oxygen atoms in total. The average Bonchev–Trinajstić information content (AvgIpc) is 2.82. The normalized spacial score (nSPS) is 18.3. The van der Waals surface area contributed by atoms with Crippen molar-refractivity contribution >= 4 is 34.7 Å². The molecule has 0 amide bonds. The van der Waals surface area contributed by atoms with E-state index in [0.717, 1.165) is 28.6 Å². The van der Waals surface area contributed by atoms with Crippen molar-refractivity contribution in [3.05, 3.63) is 50.9 Å². The van der Waals surface area contributed by atoms with Gasteiger partial charge in [-0.2, -0.15) is 0 Å². The van der Waals surface area contributed by atoms with Crippen LogP contribution in [0.25, 0.3) is 0 Å². The number of rotatable bonds is 3. The van der Waals surface area contributed by atoms with Gasteiger partial charge in [0.2, 0.25) is 0 Å². The molecule has 5 heteroatoms. The van der Waals surface area contributed by atoms with Gasteiger partial charge in [0.25, 0.3) is 0 Å². The molecule has 100 valence electrons. The minimum absolute atomic E-state index is 0.160. The molecule has 1 N–H and O–H groups in total. The van der Waals surface area contributed by atoms with Gasteiger partial charge in [0.1, 0.15) is 5.82 Å². The summed E-state index contributed by atoms with van der Waals surface area (Å²) in [7, 11) is 0. The minimum Gasteiger partial charge on any atom is -0.305 e. The zero-order valence-electron chi connectivity index (χ0n) is 10.2. The third kappa shape index (κ3) is 3.14. The molecule has 2 heterocycles. The summed E-state index contributed by atoms with van der Waals surface area (Å²) < 4.78 is 14.2. The van der Waals surface area contributed by atoms with E-state index < -0.39 is 0 Å².